The zero-order valence-corrected chi connectivity index (χ0v) is 13.6. The van der Waals surface area contributed by atoms with Crippen LogP contribution < -0.4 is 10.2 Å². The van der Waals surface area contributed by atoms with Gasteiger partial charge < -0.3 is 15.0 Å². The van der Waals surface area contributed by atoms with Crippen LogP contribution in [0, 0.1) is 0 Å². The van der Waals surface area contributed by atoms with Gasteiger partial charge >= 0.3 is 0 Å². The molecule has 1 heterocycles. The molecule has 0 aliphatic carbocycles. The molecule has 110 valence electrons. The van der Waals surface area contributed by atoms with Crippen LogP contribution in [0.2, 0.25) is 0 Å². The lowest BCUT2D eigenvalue weighted by Crippen LogP contribution is -2.21. The SMILES string of the molecule is CCc1nc(N(C)CCCOC)sc1CNC(C)C. The van der Waals surface area contributed by atoms with Crippen LogP contribution in [0.1, 0.15) is 37.8 Å². The first-order valence-electron chi connectivity index (χ1n) is 7.00. The molecule has 0 fully saturated rings. The van der Waals surface area contributed by atoms with Gasteiger partial charge in [-0.2, -0.15) is 0 Å². The van der Waals surface area contributed by atoms with Crippen molar-refractivity contribution in [3.63, 3.8) is 0 Å². The van der Waals surface area contributed by atoms with Gasteiger partial charge in [0.15, 0.2) is 5.13 Å². The quantitative estimate of drug-likeness (QED) is 0.708. The molecule has 0 aliphatic heterocycles. The molecule has 0 spiro atoms. The Morgan fingerprint density at radius 2 is 2.16 bits per heavy atom. The van der Waals surface area contributed by atoms with Crippen LogP contribution in [-0.4, -0.2) is 38.3 Å². The van der Waals surface area contributed by atoms with Gasteiger partial charge in [-0.05, 0) is 12.8 Å². The van der Waals surface area contributed by atoms with Crippen molar-refractivity contribution >= 4 is 16.5 Å². The van der Waals surface area contributed by atoms with Crippen LogP contribution in [0.4, 0.5) is 5.13 Å². The van der Waals surface area contributed by atoms with Crippen LogP contribution in [0.3, 0.4) is 0 Å². The minimum atomic E-state index is 0.509. The largest absolute Gasteiger partial charge is 0.385 e. The number of hydrogen-bond donors (Lipinski definition) is 1. The number of ether oxygens (including phenoxy) is 1. The van der Waals surface area contributed by atoms with E-state index in [0.29, 0.717) is 6.04 Å². The van der Waals surface area contributed by atoms with E-state index in [9.17, 15) is 0 Å². The first kappa shape index (κ1) is 16.4. The van der Waals surface area contributed by atoms with Gasteiger partial charge in [0.05, 0.1) is 5.69 Å². The molecule has 1 N–H and O–H groups in total. The summed E-state index contributed by atoms with van der Waals surface area (Å²) in [5, 5.41) is 4.59. The Balaban J connectivity index is 2.63. The molecule has 0 aromatic carbocycles. The standard InChI is InChI=1S/C14H27N3OS/c1-6-12-13(10-15-11(2)3)19-14(16-12)17(4)8-7-9-18-5/h11,15H,6-10H2,1-5H3. The lowest BCUT2D eigenvalue weighted by molar-refractivity contribution is 0.196. The average molecular weight is 285 g/mol. The van der Waals surface area contributed by atoms with Gasteiger partial charge in [0.25, 0.3) is 0 Å². The summed E-state index contributed by atoms with van der Waals surface area (Å²) in [5.74, 6) is 0. The molecule has 4 nitrogen and oxygen atoms in total. The number of thiazole rings is 1. The fraction of sp³-hybridized carbons (Fsp3) is 0.786. The number of hydrogen-bond acceptors (Lipinski definition) is 5. The van der Waals surface area contributed by atoms with Crippen molar-refractivity contribution in [3.8, 4) is 0 Å². The molecule has 19 heavy (non-hydrogen) atoms. The summed E-state index contributed by atoms with van der Waals surface area (Å²) < 4.78 is 5.09. The third-order valence-corrected chi connectivity index (χ3v) is 4.15. The summed E-state index contributed by atoms with van der Waals surface area (Å²) >= 11 is 1.80. The highest BCUT2D eigenvalue weighted by Crippen LogP contribution is 2.26. The van der Waals surface area contributed by atoms with Crippen LogP contribution in [0.5, 0.6) is 0 Å². The van der Waals surface area contributed by atoms with Crippen LogP contribution in [0.25, 0.3) is 0 Å². The molecule has 0 radical (unpaired) electrons. The molecular weight excluding hydrogens is 258 g/mol. The predicted molar refractivity (Wildman–Crippen MR) is 83.2 cm³/mol. The van der Waals surface area contributed by atoms with E-state index in [1.807, 2.05) is 0 Å². The first-order chi connectivity index (χ1) is 9.08. The number of aryl methyl sites for hydroxylation is 1. The topological polar surface area (TPSA) is 37.4 Å². The highest BCUT2D eigenvalue weighted by atomic mass is 32.1. The molecule has 0 saturated heterocycles. The van der Waals surface area contributed by atoms with Gasteiger partial charge in [-0.1, -0.05) is 20.8 Å². The molecule has 0 atom stereocenters. The van der Waals surface area contributed by atoms with Crippen molar-refractivity contribution in [2.24, 2.45) is 0 Å². The van der Waals surface area contributed by atoms with E-state index >= 15 is 0 Å². The van der Waals surface area contributed by atoms with Gasteiger partial charge in [-0.25, -0.2) is 4.98 Å². The molecule has 0 unspecified atom stereocenters. The summed E-state index contributed by atoms with van der Waals surface area (Å²) in [6, 6.07) is 0.509. The Hall–Kier alpha value is -0.650. The second kappa shape index (κ2) is 8.51. The highest BCUT2D eigenvalue weighted by molar-refractivity contribution is 7.15. The maximum atomic E-state index is 5.09. The minimum Gasteiger partial charge on any atom is -0.385 e. The van der Waals surface area contributed by atoms with Crippen molar-refractivity contribution in [1.29, 1.82) is 0 Å². The molecule has 5 heteroatoms. The maximum absolute atomic E-state index is 5.09. The Morgan fingerprint density at radius 3 is 2.74 bits per heavy atom. The van der Waals surface area contributed by atoms with Crippen molar-refractivity contribution in [2.75, 3.05) is 32.2 Å². The van der Waals surface area contributed by atoms with Gasteiger partial charge in [-0.15, -0.1) is 11.3 Å². The van der Waals surface area contributed by atoms with Gasteiger partial charge in [0.2, 0.25) is 0 Å². The zero-order valence-electron chi connectivity index (χ0n) is 12.8. The molecule has 1 aromatic rings. The van der Waals surface area contributed by atoms with Crippen LogP contribution >= 0.6 is 11.3 Å². The Bertz CT molecular complexity index is 366. The van der Waals surface area contributed by atoms with E-state index in [-0.39, 0.29) is 0 Å². The van der Waals surface area contributed by atoms with E-state index in [2.05, 4.69) is 38.0 Å². The second-order valence-electron chi connectivity index (χ2n) is 5.02. The van der Waals surface area contributed by atoms with Gasteiger partial charge in [-0.3, -0.25) is 0 Å². The number of aromatic nitrogens is 1. The molecule has 1 aromatic heterocycles. The third-order valence-electron chi connectivity index (χ3n) is 2.94. The van der Waals surface area contributed by atoms with Crippen molar-refractivity contribution in [1.82, 2.24) is 10.3 Å². The number of nitrogens with zero attached hydrogens (tertiary/aromatic N) is 2. The average Bonchev–Trinajstić information content (AvgIpc) is 2.79. The maximum Gasteiger partial charge on any atom is 0.185 e. The lowest BCUT2D eigenvalue weighted by Gasteiger charge is -2.14. The smallest absolute Gasteiger partial charge is 0.185 e. The Labute approximate surface area is 121 Å². The molecule has 0 amide bonds. The predicted octanol–water partition coefficient (Wildman–Crippen LogP) is 2.68. The van der Waals surface area contributed by atoms with E-state index in [1.165, 1.54) is 10.6 Å². The normalized spacial score (nSPS) is 11.3. The van der Waals surface area contributed by atoms with Crippen LogP contribution in [0.15, 0.2) is 0 Å². The van der Waals surface area contributed by atoms with E-state index < -0.39 is 0 Å². The van der Waals surface area contributed by atoms with Crippen molar-refractivity contribution < 1.29 is 4.74 Å². The number of nitrogens with one attached hydrogen (secondary N) is 1. The molecule has 0 saturated carbocycles. The summed E-state index contributed by atoms with van der Waals surface area (Å²) in [7, 11) is 3.85. The molecule has 1 rings (SSSR count). The summed E-state index contributed by atoms with van der Waals surface area (Å²) in [5.41, 5.74) is 1.23. The van der Waals surface area contributed by atoms with Gasteiger partial charge in [0.1, 0.15) is 0 Å². The summed E-state index contributed by atoms with van der Waals surface area (Å²) in [6.07, 6.45) is 2.03. The fourth-order valence-corrected chi connectivity index (χ4v) is 2.87. The number of anilines is 1. The minimum absolute atomic E-state index is 0.509. The highest BCUT2D eigenvalue weighted by Gasteiger charge is 2.12. The lowest BCUT2D eigenvalue weighted by atomic mass is 10.3. The second-order valence-corrected chi connectivity index (χ2v) is 6.09. The molecular formula is C14H27N3OS. The third kappa shape index (κ3) is 5.47. The zero-order chi connectivity index (χ0) is 14.3. The van der Waals surface area contributed by atoms with E-state index in [1.54, 1.807) is 18.4 Å². The Kier molecular flexibility index (Phi) is 7.34. The van der Waals surface area contributed by atoms with E-state index in [0.717, 1.165) is 37.7 Å². The number of methoxy groups -OCH3 is 1. The van der Waals surface area contributed by atoms with E-state index in [4.69, 9.17) is 9.72 Å². The van der Waals surface area contributed by atoms with Crippen molar-refractivity contribution in [2.45, 2.75) is 46.2 Å². The molecule has 0 bridgehead atoms. The monoisotopic (exact) mass is 285 g/mol. The Morgan fingerprint density at radius 1 is 1.42 bits per heavy atom. The summed E-state index contributed by atoms with van der Waals surface area (Å²) in [6.45, 7) is 9.22. The number of rotatable bonds is 9. The van der Waals surface area contributed by atoms with Gasteiger partial charge in [0, 0.05) is 44.8 Å². The van der Waals surface area contributed by atoms with Crippen molar-refractivity contribution in [3.05, 3.63) is 10.6 Å². The molecule has 0 aliphatic rings. The summed E-state index contributed by atoms with van der Waals surface area (Å²) in [4.78, 5) is 8.34. The first-order valence-corrected chi connectivity index (χ1v) is 7.82. The van der Waals surface area contributed by atoms with Crippen LogP contribution in [-0.2, 0) is 17.7 Å². The fourth-order valence-electron chi connectivity index (χ4n) is 1.79.